The van der Waals surface area contributed by atoms with Gasteiger partial charge in [0.15, 0.2) is 11.6 Å². The lowest BCUT2D eigenvalue weighted by Crippen LogP contribution is -2.50. The largest absolute Gasteiger partial charge is 0.347 e. The Morgan fingerprint density at radius 2 is 1.90 bits per heavy atom. The topological polar surface area (TPSA) is 61.4 Å². The van der Waals surface area contributed by atoms with E-state index >= 15 is 0 Å². The summed E-state index contributed by atoms with van der Waals surface area (Å²) in [6, 6.07) is 10.7. The van der Waals surface area contributed by atoms with E-state index in [0.29, 0.717) is 37.1 Å². The van der Waals surface area contributed by atoms with E-state index in [4.69, 9.17) is 0 Å². The van der Waals surface area contributed by atoms with Crippen molar-refractivity contribution in [3.05, 3.63) is 65.2 Å². The summed E-state index contributed by atoms with van der Waals surface area (Å²) >= 11 is 0. The maximum absolute atomic E-state index is 13.7. The first-order valence-electron chi connectivity index (χ1n) is 9.90. The third kappa shape index (κ3) is 4.15. The maximum atomic E-state index is 13.7. The van der Waals surface area contributed by atoms with E-state index in [9.17, 15) is 18.4 Å². The lowest BCUT2D eigenvalue weighted by molar-refractivity contribution is -0.117. The minimum atomic E-state index is -0.877. The number of hydrogen-bond donors (Lipinski definition) is 2. The molecule has 2 aromatic carbocycles. The standard InChI is InChI=1S/C22H23F2N3O2/c23-18-8-5-15(12-19(18)24)17-9-10-25-13-20(17)26-22(29)14-3-6-16(7-4-14)27-11-1-2-21(27)28/h3-8,12,17,20,25H,1-2,9-11,13H2,(H,26,29). The van der Waals surface area contributed by atoms with Gasteiger partial charge in [-0.2, -0.15) is 0 Å². The lowest BCUT2D eigenvalue weighted by atomic mass is 9.85. The van der Waals surface area contributed by atoms with Gasteiger partial charge in [-0.25, -0.2) is 8.78 Å². The van der Waals surface area contributed by atoms with Crippen LogP contribution >= 0.6 is 0 Å². The average Bonchev–Trinajstić information content (AvgIpc) is 3.16. The Morgan fingerprint density at radius 1 is 1.10 bits per heavy atom. The number of rotatable bonds is 4. The Balaban J connectivity index is 1.47. The van der Waals surface area contributed by atoms with Gasteiger partial charge in [0, 0.05) is 42.7 Å². The van der Waals surface area contributed by atoms with Gasteiger partial charge in [-0.05, 0) is 61.3 Å². The zero-order valence-electron chi connectivity index (χ0n) is 16.0. The van der Waals surface area contributed by atoms with Crippen LogP contribution in [0.15, 0.2) is 42.5 Å². The molecule has 7 heteroatoms. The molecule has 2 aliphatic heterocycles. The van der Waals surface area contributed by atoms with Crippen molar-refractivity contribution in [2.75, 3.05) is 24.5 Å². The molecule has 0 spiro atoms. The monoisotopic (exact) mass is 399 g/mol. The zero-order valence-corrected chi connectivity index (χ0v) is 16.0. The predicted octanol–water partition coefficient (Wildman–Crippen LogP) is 2.97. The van der Waals surface area contributed by atoms with E-state index in [1.807, 2.05) is 0 Å². The number of halogens is 2. The summed E-state index contributed by atoms with van der Waals surface area (Å²) in [5.74, 6) is -1.98. The number of carbonyl (C=O) groups excluding carboxylic acids is 2. The molecule has 0 saturated carbocycles. The molecule has 0 radical (unpaired) electrons. The minimum Gasteiger partial charge on any atom is -0.347 e. The van der Waals surface area contributed by atoms with Gasteiger partial charge in [-0.1, -0.05) is 6.07 Å². The minimum absolute atomic E-state index is 0.100. The molecule has 2 aromatic rings. The van der Waals surface area contributed by atoms with Crippen molar-refractivity contribution in [1.82, 2.24) is 10.6 Å². The van der Waals surface area contributed by atoms with E-state index in [0.717, 1.165) is 24.7 Å². The molecular formula is C22H23F2N3O2. The molecule has 2 saturated heterocycles. The zero-order chi connectivity index (χ0) is 20.4. The molecule has 4 rings (SSSR count). The summed E-state index contributed by atoms with van der Waals surface area (Å²) < 4.78 is 27.0. The van der Waals surface area contributed by atoms with Crippen LogP contribution in [0.25, 0.3) is 0 Å². The first-order chi connectivity index (χ1) is 14.0. The molecule has 5 nitrogen and oxygen atoms in total. The number of nitrogens with zero attached hydrogens (tertiary/aromatic N) is 1. The van der Waals surface area contributed by atoms with Crippen LogP contribution in [-0.4, -0.2) is 37.5 Å². The van der Waals surface area contributed by atoms with Crippen molar-refractivity contribution in [3.63, 3.8) is 0 Å². The molecule has 152 valence electrons. The van der Waals surface area contributed by atoms with Crippen molar-refractivity contribution >= 4 is 17.5 Å². The van der Waals surface area contributed by atoms with Crippen LogP contribution in [0.1, 0.15) is 41.1 Å². The number of amides is 2. The van der Waals surface area contributed by atoms with Gasteiger partial charge < -0.3 is 15.5 Å². The van der Waals surface area contributed by atoms with Crippen LogP contribution in [0.4, 0.5) is 14.5 Å². The van der Waals surface area contributed by atoms with Crippen LogP contribution < -0.4 is 15.5 Å². The average molecular weight is 399 g/mol. The van der Waals surface area contributed by atoms with Crippen molar-refractivity contribution in [2.24, 2.45) is 0 Å². The summed E-state index contributed by atoms with van der Waals surface area (Å²) in [5, 5.41) is 6.26. The molecule has 29 heavy (non-hydrogen) atoms. The highest BCUT2D eigenvalue weighted by atomic mass is 19.2. The van der Waals surface area contributed by atoms with Crippen molar-refractivity contribution in [2.45, 2.75) is 31.2 Å². The smallest absolute Gasteiger partial charge is 0.251 e. The lowest BCUT2D eigenvalue weighted by Gasteiger charge is -2.33. The van der Waals surface area contributed by atoms with Crippen LogP contribution in [-0.2, 0) is 4.79 Å². The summed E-state index contributed by atoms with van der Waals surface area (Å²) in [4.78, 5) is 26.3. The summed E-state index contributed by atoms with van der Waals surface area (Å²) in [5.41, 5.74) is 1.97. The first-order valence-corrected chi connectivity index (χ1v) is 9.90. The maximum Gasteiger partial charge on any atom is 0.251 e. The van der Waals surface area contributed by atoms with Crippen molar-refractivity contribution in [1.29, 1.82) is 0 Å². The van der Waals surface area contributed by atoms with Crippen molar-refractivity contribution in [3.8, 4) is 0 Å². The van der Waals surface area contributed by atoms with Crippen molar-refractivity contribution < 1.29 is 18.4 Å². The van der Waals surface area contributed by atoms with Crippen LogP contribution in [0.3, 0.4) is 0 Å². The number of benzene rings is 2. The molecule has 2 unspecified atom stereocenters. The van der Waals surface area contributed by atoms with Gasteiger partial charge in [0.1, 0.15) is 0 Å². The molecule has 2 N–H and O–H groups in total. The van der Waals surface area contributed by atoms with Gasteiger partial charge in [0.2, 0.25) is 5.91 Å². The van der Waals surface area contributed by atoms with E-state index in [-0.39, 0.29) is 23.8 Å². The van der Waals surface area contributed by atoms with E-state index in [2.05, 4.69) is 10.6 Å². The molecule has 2 atom stereocenters. The fourth-order valence-electron chi connectivity index (χ4n) is 4.12. The van der Waals surface area contributed by atoms with Gasteiger partial charge in [0.25, 0.3) is 5.91 Å². The third-order valence-electron chi connectivity index (χ3n) is 5.68. The fraction of sp³-hybridized carbons (Fsp3) is 0.364. The molecule has 2 aliphatic rings. The number of piperidine rings is 1. The van der Waals surface area contributed by atoms with Crippen LogP contribution in [0, 0.1) is 11.6 Å². The Bertz CT molecular complexity index is 917. The third-order valence-corrected chi connectivity index (χ3v) is 5.68. The second-order valence-electron chi connectivity index (χ2n) is 7.55. The molecule has 0 bridgehead atoms. The Morgan fingerprint density at radius 3 is 2.59 bits per heavy atom. The van der Waals surface area contributed by atoms with Crippen LogP contribution in [0.2, 0.25) is 0 Å². The summed E-state index contributed by atoms with van der Waals surface area (Å²) in [6.07, 6.45) is 2.12. The fourth-order valence-corrected chi connectivity index (χ4v) is 4.12. The first kappa shape index (κ1) is 19.5. The second kappa shape index (κ2) is 8.29. The normalized spacial score (nSPS) is 22.0. The SMILES string of the molecule is O=C(NC1CNCCC1c1ccc(F)c(F)c1)c1ccc(N2CCCC2=O)cc1. The molecule has 2 amide bonds. The molecule has 0 aliphatic carbocycles. The van der Waals surface area contributed by atoms with E-state index < -0.39 is 11.6 Å². The Labute approximate surface area is 168 Å². The molecule has 2 heterocycles. The second-order valence-corrected chi connectivity index (χ2v) is 7.55. The summed E-state index contributed by atoms with van der Waals surface area (Å²) in [6.45, 7) is 2.00. The molecule has 2 fully saturated rings. The number of hydrogen-bond acceptors (Lipinski definition) is 3. The van der Waals surface area contributed by atoms with Gasteiger partial charge in [-0.15, -0.1) is 0 Å². The number of anilines is 1. The number of carbonyl (C=O) groups is 2. The van der Waals surface area contributed by atoms with Gasteiger partial charge in [0.05, 0.1) is 0 Å². The van der Waals surface area contributed by atoms with Crippen LogP contribution in [0.5, 0.6) is 0 Å². The summed E-state index contributed by atoms with van der Waals surface area (Å²) in [7, 11) is 0. The van der Waals surface area contributed by atoms with E-state index in [1.54, 1.807) is 35.2 Å². The number of nitrogens with one attached hydrogen (secondary N) is 2. The quantitative estimate of drug-likeness (QED) is 0.831. The highest BCUT2D eigenvalue weighted by Crippen LogP contribution is 2.27. The predicted molar refractivity (Wildman–Crippen MR) is 106 cm³/mol. The highest BCUT2D eigenvalue weighted by molar-refractivity contribution is 5.97. The Hall–Kier alpha value is -2.80. The van der Waals surface area contributed by atoms with Gasteiger partial charge >= 0.3 is 0 Å². The molecular weight excluding hydrogens is 376 g/mol. The highest BCUT2D eigenvalue weighted by Gasteiger charge is 2.29. The molecule has 0 aromatic heterocycles. The van der Waals surface area contributed by atoms with E-state index in [1.165, 1.54) is 6.07 Å². The Kier molecular flexibility index (Phi) is 5.58. The van der Waals surface area contributed by atoms with Gasteiger partial charge in [-0.3, -0.25) is 9.59 Å².